The first-order valence-electron chi connectivity index (χ1n) is 8.54. The Morgan fingerprint density at radius 1 is 1.44 bits per heavy atom. The van der Waals surface area contributed by atoms with Gasteiger partial charge in [0.05, 0.1) is 17.3 Å². The first kappa shape index (κ1) is 17.2. The summed E-state index contributed by atoms with van der Waals surface area (Å²) in [6, 6.07) is 5.99. The number of nitrogens with zero attached hydrogens (tertiary/aromatic N) is 5. The first-order chi connectivity index (χ1) is 12.0. The minimum atomic E-state index is -0.138. The van der Waals surface area contributed by atoms with Crippen LogP contribution in [0.25, 0.3) is 0 Å². The molecule has 1 aliphatic heterocycles. The molecule has 2 atom stereocenters. The van der Waals surface area contributed by atoms with Crippen LogP contribution in [0.1, 0.15) is 40.6 Å². The number of carbonyl (C=O) groups excluding carboxylic acids is 1. The quantitative estimate of drug-likeness (QED) is 0.913. The average Bonchev–Trinajstić information content (AvgIpc) is 3.18. The maximum absolute atomic E-state index is 12.5. The van der Waals surface area contributed by atoms with Crippen molar-refractivity contribution in [3.63, 3.8) is 0 Å². The van der Waals surface area contributed by atoms with Crippen LogP contribution in [0.4, 0.5) is 0 Å². The Morgan fingerprint density at radius 3 is 2.88 bits per heavy atom. The van der Waals surface area contributed by atoms with E-state index >= 15 is 0 Å². The second-order valence-corrected chi connectivity index (χ2v) is 6.75. The van der Waals surface area contributed by atoms with E-state index in [2.05, 4.69) is 34.5 Å². The largest absolute Gasteiger partial charge is 0.350 e. The fourth-order valence-electron chi connectivity index (χ4n) is 3.78. The lowest BCUT2D eigenvalue weighted by molar-refractivity contribution is 0.0873. The maximum atomic E-state index is 12.5. The predicted molar refractivity (Wildman–Crippen MR) is 93.8 cm³/mol. The molecule has 1 saturated heterocycles. The number of likely N-dealkylation sites (tertiary alicyclic amines) is 1. The molecule has 132 valence electrons. The lowest BCUT2D eigenvalue weighted by atomic mass is 9.87. The SMILES string of the molecule is CN1CCC[C@@H](CNC(=O)c2cc(C#N)cn2C)[C@@H]1c1ccnn1C. The van der Waals surface area contributed by atoms with Crippen LogP contribution in [-0.2, 0) is 14.1 Å². The molecule has 1 amide bonds. The highest BCUT2D eigenvalue weighted by atomic mass is 16.1. The van der Waals surface area contributed by atoms with Gasteiger partial charge in [-0.2, -0.15) is 10.4 Å². The highest BCUT2D eigenvalue weighted by Crippen LogP contribution is 2.34. The van der Waals surface area contributed by atoms with Crippen molar-refractivity contribution in [3.05, 3.63) is 41.5 Å². The van der Waals surface area contributed by atoms with E-state index in [4.69, 9.17) is 5.26 Å². The third-order valence-electron chi connectivity index (χ3n) is 5.06. The number of carbonyl (C=O) groups is 1. The molecule has 0 unspecified atom stereocenters. The molecule has 7 nitrogen and oxygen atoms in total. The van der Waals surface area contributed by atoms with Gasteiger partial charge in [-0.15, -0.1) is 0 Å². The van der Waals surface area contributed by atoms with Crippen LogP contribution in [0.15, 0.2) is 24.5 Å². The van der Waals surface area contributed by atoms with Crippen LogP contribution in [0, 0.1) is 17.2 Å². The smallest absolute Gasteiger partial charge is 0.267 e. The third-order valence-corrected chi connectivity index (χ3v) is 5.06. The second-order valence-electron chi connectivity index (χ2n) is 6.75. The molecule has 2 aromatic rings. The van der Waals surface area contributed by atoms with E-state index < -0.39 is 0 Å². The molecule has 7 heteroatoms. The van der Waals surface area contributed by atoms with Gasteiger partial charge in [0, 0.05) is 33.0 Å². The number of aromatic nitrogens is 3. The third kappa shape index (κ3) is 3.44. The van der Waals surface area contributed by atoms with Crippen LogP contribution in [-0.4, -0.2) is 45.3 Å². The molecule has 3 rings (SSSR count). The molecule has 0 aromatic carbocycles. The van der Waals surface area contributed by atoms with Gasteiger partial charge in [0.25, 0.3) is 5.91 Å². The lowest BCUT2D eigenvalue weighted by Crippen LogP contribution is -2.42. The first-order valence-corrected chi connectivity index (χ1v) is 8.54. The topological polar surface area (TPSA) is 78.9 Å². The van der Waals surface area contributed by atoms with Gasteiger partial charge in [0.15, 0.2) is 0 Å². The van der Waals surface area contributed by atoms with Crippen LogP contribution in [0.2, 0.25) is 0 Å². The van der Waals surface area contributed by atoms with Crippen LogP contribution in [0.5, 0.6) is 0 Å². The van der Waals surface area contributed by atoms with E-state index in [0.29, 0.717) is 23.7 Å². The van der Waals surface area contributed by atoms with Gasteiger partial charge in [-0.1, -0.05) is 0 Å². The minimum Gasteiger partial charge on any atom is -0.350 e. The summed E-state index contributed by atoms with van der Waals surface area (Å²) in [5, 5.41) is 16.3. The predicted octanol–water partition coefficient (Wildman–Crippen LogP) is 1.44. The molecule has 0 spiro atoms. The van der Waals surface area contributed by atoms with Gasteiger partial charge in [0.2, 0.25) is 0 Å². The maximum Gasteiger partial charge on any atom is 0.267 e. The second kappa shape index (κ2) is 7.11. The van der Waals surface area contributed by atoms with Crippen LogP contribution >= 0.6 is 0 Å². The Hall–Kier alpha value is -2.59. The van der Waals surface area contributed by atoms with Crippen molar-refractivity contribution in [1.29, 1.82) is 5.26 Å². The zero-order chi connectivity index (χ0) is 18.0. The van der Waals surface area contributed by atoms with Gasteiger partial charge in [-0.3, -0.25) is 14.4 Å². The fraction of sp³-hybridized carbons (Fsp3) is 0.500. The van der Waals surface area contributed by atoms with Gasteiger partial charge in [-0.05, 0) is 44.5 Å². The molecule has 0 bridgehead atoms. The molecule has 0 radical (unpaired) electrons. The van der Waals surface area contributed by atoms with Crippen LogP contribution in [0.3, 0.4) is 0 Å². The molecule has 1 aliphatic rings. The number of hydrogen-bond acceptors (Lipinski definition) is 4. The molecule has 2 aromatic heterocycles. The average molecular weight is 340 g/mol. The van der Waals surface area contributed by atoms with Gasteiger partial charge < -0.3 is 9.88 Å². The Balaban J connectivity index is 1.72. The Bertz CT molecular complexity index is 799. The van der Waals surface area contributed by atoms with Crippen molar-refractivity contribution in [2.45, 2.75) is 18.9 Å². The zero-order valence-corrected chi connectivity index (χ0v) is 14.9. The number of nitrogens with one attached hydrogen (secondary N) is 1. The number of nitriles is 1. The summed E-state index contributed by atoms with van der Waals surface area (Å²) in [5.74, 6) is 0.190. The molecule has 25 heavy (non-hydrogen) atoms. The molecule has 0 saturated carbocycles. The van der Waals surface area contributed by atoms with Crippen molar-refractivity contribution >= 4 is 5.91 Å². The number of amides is 1. The van der Waals surface area contributed by atoms with Crippen molar-refractivity contribution in [2.24, 2.45) is 20.0 Å². The Labute approximate surface area is 147 Å². The standard InChI is InChI=1S/C18H24N6O/c1-22-8-4-5-14(17(22)15-6-7-21-24(15)3)11-20-18(25)16-9-13(10-19)12-23(16)2/h6-7,9,12,14,17H,4-5,8,11H2,1-3H3,(H,20,25)/t14-,17+/m0/s1. The number of rotatable bonds is 4. The summed E-state index contributed by atoms with van der Waals surface area (Å²) in [6.07, 6.45) is 5.67. The van der Waals surface area contributed by atoms with E-state index in [-0.39, 0.29) is 11.9 Å². The van der Waals surface area contributed by atoms with E-state index in [1.807, 2.05) is 17.9 Å². The fourth-order valence-corrected chi connectivity index (χ4v) is 3.78. The van der Waals surface area contributed by atoms with E-state index in [1.54, 1.807) is 23.9 Å². The summed E-state index contributed by atoms with van der Waals surface area (Å²) in [4.78, 5) is 14.8. The minimum absolute atomic E-state index is 0.138. The molecule has 0 aliphatic carbocycles. The van der Waals surface area contributed by atoms with Gasteiger partial charge >= 0.3 is 0 Å². The van der Waals surface area contributed by atoms with Gasteiger partial charge in [0.1, 0.15) is 11.8 Å². The number of aryl methyl sites for hydroxylation is 2. The highest BCUT2D eigenvalue weighted by Gasteiger charge is 2.32. The summed E-state index contributed by atoms with van der Waals surface area (Å²) in [5.41, 5.74) is 2.18. The van der Waals surface area contributed by atoms with E-state index in [1.165, 1.54) is 5.69 Å². The number of hydrogen-bond donors (Lipinski definition) is 1. The summed E-state index contributed by atoms with van der Waals surface area (Å²) >= 11 is 0. The summed E-state index contributed by atoms with van der Waals surface area (Å²) in [6.45, 7) is 1.65. The monoisotopic (exact) mass is 340 g/mol. The zero-order valence-electron chi connectivity index (χ0n) is 14.9. The Kier molecular flexibility index (Phi) is 4.91. The summed E-state index contributed by atoms with van der Waals surface area (Å²) in [7, 11) is 5.87. The van der Waals surface area contributed by atoms with Crippen molar-refractivity contribution < 1.29 is 4.79 Å². The molecule has 3 heterocycles. The van der Waals surface area contributed by atoms with Crippen molar-refractivity contribution in [2.75, 3.05) is 20.1 Å². The van der Waals surface area contributed by atoms with Crippen LogP contribution < -0.4 is 5.32 Å². The highest BCUT2D eigenvalue weighted by molar-refractivity contribution is 5.93. The normalized spacial score (nSPS) is 21.0. The molecular weight excluding hydrogens is 316 g/mol. The van der Waals surface area contributed by atoms with Crippen molar-refractivity contribution in [3.8, 4) is 6.07 Å². The molecular formula is C18H24N6O. The lowest BCUT2D eigenvalue weighted by Gasteiger charge is -2.39. The molecule has 1 N–H and O–H groups in total. The summed E-state index contributed by atoms with van der Waals surface area (Å²) < 4.78 is 3.61. The van der Waals surface area contributed by atoms with Crippen molar-refractivity contribution in [1.82, 2.24) is 24.6 Å². The molecule has 1 fully saturated rings. The van der Waals surface area contributed by atoms with E-state index in [9.17, 15) is 4.79 Å². The van der Waals surface area contributed by atoms with Gasteiger partial charge in [-0.25, -0.2) is 0 Å². The van der Waals surface area contributed by atoms with E-state index in [0.717, 1.165) is 19.4 Å². The number of piperidine rings is 1. The Morgan fingerprint density at radius 2 is 2.24 bits per heavy atom.